The molecule has 0 aromatic heterocycles. The summed E-state index contributed by atoms with van der Waals surface area (Å²) < 4.78 is 5.41. The van der Waals surface area contributed by atoms with Gasteiger partial charge in [-0.15, -0.1) is 11.6 Å². The molecule has 0 bridgehead atoms. The molecule has 24 heavy (non-hydrogen) atoms. The van der Waals surface area contributed by atoms with E-state index in [9.17, 15) is 9.59 Å². The van der Waals surface area contributed by atoms with Gasteiger partial charge in [-0.1, -0.05) is 60.7 Å². The van der Waals surface area contributed by atoms with Crippen LogP contribution in [-0.2, 0) is 20.9 Å². The molecule has 0 fully saturated rings. The maximum Gasteiger partial charge on any atom is 0.315 e. The SMILES string of the molecule is CC(Cl)C(=O)NCC(C(=O)OCc1ccccc1)c1ccccc1. The third-order valence-electron chi connectivity index (χ3n) is 3.55. The van der Waals surface area contributed by atoms with E-state index >= 15 is 0 Å². The summed E-state index contributed by atoms with van der Waals surface area (Å²) in [5, 5.41) is 2.04. The number of hydrogen-bond acceptors (Lipinski definition) is 3. The highest BCUT2D eigenvalue weighted by atomic mass is 35.5. The first-order chi connectivity index (χ1) is 11.6. The number of alkyl halides is 1. The van der Waals surface area contributed by atoms with E-state index in [0.29, 0.717) is 0 Å². The minimum atomic E-state index is -0.651. The third-order valence-corrected chi connectivity index (χ3v) is 3.75. The van der Waals surface area contributed by atoms with Gasteiger partial charge in [0, 0.05) is 6.54 Å². The van der Waals surface area contributed by atoms with Gasteiger partial charge < -0.3 is 10.1 Å². The molecule has 0 saturated carbocycles. The highest BCUT2D eigenvalue weighted by molar-refractivity contribution is 6.30. The number of hydrogen-bond donors (Lipinski definition) is 1. The molecule has 1 amide bonds. The molecule has 0 spiro atoms. The van der Waals surface area contributed by atoms with Crippen molar-refractivity contribution in [3.05, 3.63) is 71.8 Å². The smallest absolute Gasteiger partial charge is 0.315 e. The number of carbonyl (C=O) groups is 2. The fourth-order valence-corrected chi connectivity index (χ4v) is 2.27. The minimum Gasteiger partial charge on any atom is -0.460 e. The quantitative estimate of drug-likeness (QED) is 0.619. The Balaban J connectivity index is 2.04. The maximum absolute atomic E-state index is 12.5. The number of ether oxygens (including phenoxy) is 1. The average Bonchev–Trinajstić information content (AvgIpc) is 2.61. The molecule has 0 heterocycles. The standard InChI is InChI=1S/C19H20ClNO3/c1-14(20)18(22)21-12-17(16-10-6-3-7-11-16)19(23)24-13-15-8-4-2-5-9-15/h2-11,14,17H,12-13H2,1H3,(H,21,22). The zero-order valence-electron chi connectivity index (χ0n) is 13.4. The second-order valence-corrected chi connectivity index (χ2v) is 6.07. The Labute approximate surface area is 146 Å². The number of benzene rings is 2. The molecule has 0 aliphatic heterocycles. The molecule has 2 aromatic rings. The average molecular weight is 346 g/mol. The Bertz CT molecular complexity index is 659. The number of carbonyl (C=O) groups excluding carboxylic acids is 2. The van der Waals surface area contributed by atoms with E-state index in [1.807, 2.05) is 60.7 Å². The lowest BCUT2D eigenvalue weighted by atomic mass is 9.99. The molecule has 0 aliphatic carbocycles. The third kappa shape index (κ3) is 5.39. The fraction of sp³-hybridized carbons (Fsp3) is 0.263. The highest BCUT2D eigenvalue weighted by Gasteiger charge is 2.23. The van der Waals surface area contributed by atoms with E-state index in [1.165, 1.54) is 0 Å². The van der Waals surface area contributed by atoms with Crippen LogP contribution in [0.5, 0.6) is 0 Å². The van der Waals surface area contributed by atoms with Crippen molar-refractivity contribution < 1.29 is 14.3 Å². The number of nitrogens with one attached hydrogen (secondary N) is 1. The summed E-state index contributed by atoms with van der Waals surface area (Å²) in [6, 6.07) is 18.7. The van der Waals surface area contributed by atoms with Gasteiger partial charge in [0.2, 0.25) is 5.91 Å². The molecule has 0 saturated heterocycles. The van der Waals surface area contributed by atoms with Crippen LogP contribution in [0.2, 0.25) is 0 Å². The van der Waals surface area contributed by atoms with Gasteiger partial charge in [-0.2, -0.15) is 0 Å². The van der Waals surface area contributed by atoms with Crippen molar-refractivity contribution in [3.63, 3.8) is 0 Å². The van der Waals surface area contributed by atoms with E-state index in [2.05, 4.69) is 5.32 Å². The predicted octanol–water partition coefficient (Wildman–Crippen LogP) is 3.26. The van der Waals surface area contributed by atoms with E-state index in [4.69, 9.17) is 16.3 Å². The molecular weight excluding hydrogens is 326 g/mol. The monoisotopic (exact) mass is 345 g/mol. The van der Waals surface area contributed by atoms with Crippen molar-refractivity contribution in [1.82, 2.24) is 5.32 Å². The minimum absolute atomic E-state index is 0.146. The molecule has 2 aromatic carbocycles. The first-order valence-corrected chi connectivity index (χ1v) is 8.19. The van der Waals surface area contributed by atoms with E-state index in [-0.39, 0.29) is 25.0 Å². The number of halogens is 1. The molecular formula is C19H20ClNO3. The number of rotatable bonds is 7. The van der Waals surface area contributed by atoms with Gasteiger partial charge in [0.1, 0.15) is 12.0 Å². The summed E-state index contributed by atoms with van der Waals surface area (Å²) in [7, 11) is 0. The molecule has 5 heteroatoms. The predicted molar refractivity (Wildman–Crippen MR) is 93.7 cm³/mol. The molecule has 0 aliphatic rings. The zero-order chi connectivity index (χ0) is 17.4. The van der Waals surface area contributed by atoms with Gasteiger partial charge in [-0.05, 0) is 18.1 Å². The van der Waals surface area contributed by atoms with Crippen LogP contribution in [0.1, 0.15) is 24.0 Å². The van der Waals surface area contributed by atoms with Crippen LogP contribution in [0.25, 0.3) is 0 Å². The van der Waals surface area contributed by atoms with Crippen LogP contribution >= 0.6 is 11.6 Å². The lowest BCUT2D eigenvalue weighted by Gasteiger charge is -2.17. The second kappa shape index (κ2) is 9.08. The number of amides is 1. The van der Waals surface area contributed by atoms with Crippen LogP contribution in [0.4, 0.5) is 0 Å². The summed E-state index contributed by atoms with van der Waals surface area (Å²) in [4.78, 5) is 24.2. The van der Waals surface area contributed by atoms with E-state index < -0.39 is 11.3 Å². The topological polar surface area (TPSA) is 55.4 Å². The highest BCUT2D eigenvalue weighted by Crippen LogP contribution is 2.18. The summed E-state index contributed by atoms with van der Waals surface area (Å²) >= 11 is 5.75. The molecule has 126 valence electrons. The van der Waals surface area contributed by atoms with Crippen LogP contribution in [-0.4, -0.2) is 23.8 Å². The molecule has 0 radical (unpaired) electrons. The summed E-state index contributed by atoms with van der Waals surface area (Å²) in [5.41, 5.74) is 1.70. The lowest BCUT2D eigenvalue weighted by Crippen LogP contribution is -2.36. The molecule has 2 atom stereocenters. The van der Waals surface area contributed by atoms with Crippen molar-refractivity contribution >= 4 is 23.5 Å². The Morgan fingerprint density at radius 3 is 2.21 bits per heavy atom. The van der Waals surface area contributed by atoms with Crippen LogP contribution in [0.3, 0.4) is 0 Å². The van der Waals surface area contributed by atoms with Gasteiger partial charge >= 0.3 is 5.97 Å². The molecule has 4 nitrogen and oxygen atoms in total. The van der Waals surface area contributed by atoms with Gasteiger partial charge in [0.05, 0.1) is 5.92 Å². The zero-order valence-corrected chi connectivity index (χ0v) is 14.2. The molecule has 2 rings (SSSR count). The summed E-state index contributed by atoms with van der Waals surface area (Å²) in [6.45, 7) is 1.93. The first kappa shape index (κ1) is 18.0. The molecule has 1 N–H and O–H groups in total. The van der Waals surface area contributed by atoms with Gasteiger partial charge in [-0.25, -0.2) is 0 Å². The second-order valence-electron chi connectivity index (χ2n) is 5.42. The Morgan fingerprint density at radius 1 is 1.04 bits per heavy atom. The first-order valence-electron chi connectivity index (χ1n) is 7.75. The lowest BCUT2D eigenvalue weighted by molar-refractivity contribution is -0.146. The van der Waals surface area contributed by atoms with Crippen molar-refractivity contribution in [2.45, 2.75) is 24.8 Å². The van der Waals surface area contributed by atoms with E-state index in [0.717, 1.165) is 11.1 Å². The maximum atomic E-state index is 12.5. The number of esters is 1. The largest absolute Gasteiger partial charge is 0.460 e. The van der Waals surface area contributed by atoms with Crippen molar-refractivity contribution in [2.24, 2.45) is 0 Å². The van der Waals surface area contributed by atoms with Crippen molar-refractivity contribution in [2.75, 3.05) is 6.54 Å². The van der Waals surface area contributed by atoms with Crippen molar-refractivity contribution in [1.29, 1.82) is 0 Å². The van der Waals surface area contributed by atoms with Gasteiger partial charge in [-0.3, -0.25) is 9.59 Å². The van der Waals surface area contributed by atoms with Crippen LogP contribution < -0.4 is 5.32 Å². The Kier molecular flexibility index (Phi) is 6.82. The molecule has 2 unspecified atom stereocenters. The van der Waals surface area contributed by atoms with E-state index in [1.54, 1.807) is 6.92 Å². The summed E-state index contributed by atoms with van der Waals surface area (Å²) in [5.74, 6) is -1.27. The van der Waals surface area contributed by atoms with Crippen LogP contribution in [0.15, 0.2) is 60.7 Å². The Morgan fingerprint density at radius 2 is 1.62 bits per heavy atom. The Hall–Kier alpha value is -2.33. The summed E-state index contributed by atoms with van der Waals surface area (Å²) in [6.07, 6.45) is 0. The van der Waals surface area contributed by atoms with Crippen molar-refractivity contribution in [3.8, 4) is 0 Å². The fourth-order valence-electron chi connectivity index (χ4n) is 2.20. The van der Waals surface area contributed by atoms with Gasteiger partial charge in [0.25, 0.3) is 0 Å². The van der Waals surface area contributed by atoms with Gasteiger partial charge in [0.15, 0.2) is 0 Å². The normalized spacial score (nSPS) is 12.9. The van der Waals surface area contributed by atoms with Crippen LogP contribution in [0, 0.1) is 0 Å².